The molecule has 0 saturated carbocycles. The van der Waals surface area contributed by atoms with E-state index in [2.05, 4.69) is 43.0 Å². The summed E-state index contributed by atoms with van der Waals surface area (Å²) in [5.74, 6) is 2.06. The lowest BCUT2D eigenvalue weighted by Crippen LogP contribution is -2.02. The van der Waals surface area contributed by atoms with Gasteiger partial charge in [0.25, 0.3) is 0 Å². The van der Waals surface area contributed by atoms with E-state index in [4.69, 9.17) is 13.9 Å². The van der Waals surface area contributed by atoms with Crippen LogP contribution in [0.15, 0.2) is 95.8 Å². The van der Waals surface area contributed by atoms with Crippen LogP contribution in [0, 0.1) is 0 Å². The molecular formula is C25H18O3. The van der Waals surface area contributed by atoms with Crippen molar-refractivity contribution in [2.45, 2.75) is 6.61 Å². The summed E-state index contributed by atoms with van der Waals surface area (Å²) in [5, 5.41) is 0.931. The van der Waals surface area contributed by atoms with Gasteiger partial charge in [0.15, 0.2) is 0 Å². The highest BCUT2D eigenvalue weighted by atomic mass is 16.5. The lowest BCUT2D eigenvalue weighted by Gasteiger charge is -2.18. The fourth-order valence-electron chi connectivity index (χ4n) is 3.40. The Morgan fingerprint density at radius 1 is 0.857 bits per heavy atom. The molecule has 0 fully saturated rings. The Bertz CT molecular complexity index is 1180. The van der Waals surface area contributed by atoms with Gasteiger partial charge in [-0.15, -0.1) is 0 Å². The maximum atomic E-state index is 6.22. The second kappa shape index (κ2) is 6.78. The van der Waals surface area contributed by atoms with Gasteiger partial charge >= 0.3 is 0 Å². The van der Waals surface area contributed by atoms with Crippen LogP contribution in [-0.4, -0.2) is 0 Å². The van der Waals surface area contributed by atoms with Crippen LogP contribution in [0.3, 0.4) is 0 Å². The number of hydrogen-bond donors (Lipinski definition) is 0. The second-order valence-corrected chi connectivity index (χ2v) is 6.70. The van der Waals surface area contributed by atoms with Crippen molar-refractivity contribution in [1.82, 2.24) is 0 Å². The number of hydrogen-bond acceptors (Lipinski definition) is 3. The van der Waals surface area contributed by atoms with Crippen molar-refractivity contribution < 1.29 is 13.9 Å². The molecule has 0 aliphatic carbocycles. The smallest absolute Gasteiger partial charge is 0.142 e. The van der Waals surface area contributed by atoms with E-state index in [0.29, 0.717) is 18.1 Å². The highest BCUT2D eigenvalue weighted by Crippen LogP contribution is 2.41. The van der Waals surface area contributed by atoms with Crippen molar-refractivity contribution in [3.8, 4) is 22.6 Å². The third-order valence-corrected chi connectivity index (χ3v) is 4.83. The van der Waals surface area contributed by atoms with Crippen molar-refractivity contribution in [3.05, 3.63) is 103 Å². The molecule has 0 unspecified atom stereocenters. The molecule has 0 bridgehead atoms. The lowest BCUT2D eigenvalue weighted by atomic mass is 10.0. The zero-order valence-electron chi connectivity index (χ0n) is 15.2. The summed E-state index contributed by atoms with van der Waals surface area (Å²) in [4.78, 5) is 0. The van der Waals surface area contributed by atoms with E-state index < -0.39 is 0 Å². The maximum Gasteiger partial charge on any atom is 0.142 e. The maximum absolute atomic E-state index is 6.22. The highest BCUT2D eigenvalue weighted by molar-refractivity contribution is 5.91. The Balaban J connectivity index is 1.43. The van der Waals surface area contributed by atoms with Crippen molar-refractivity contribution >= 4 is 17.0 Å². The zero-order chi connectivity index (χ0) is 18.9. The van der Waals surface area contributed by atoms with Crippen molar-refractivity contribution in [2.75, 3.05) is 0 Å². The normalized spacial score (nSPS) is 12.6. The Kier molecular flexibility index (Phi) is 3.99. The molecule has 0 N–H and O–H groups in total. The summed E-state index contributed by atoms with van der Waals surface area (Å²) in [6, 6.07) is 22.6. The van der Waals surface area contributed by atoms with Crippen molar-refractivity contribution in [1.29, 1.82) is 0 Å². The third kappa shape index (κ3) is 2.97. The monoisotopic (exact) mass is 366 g/mol. The van der Waals surface area contributed by atoms with Crippen LogP contribution in [0.25, 0.3) is 28.2 Å². The first-order valence-corrected chi connectivity index (χ1v) is 9.14. The molecule has 3 aromatic carbocycles. The summed E-state index contributed by atoms with van der Waals surface area (Å²) in [6.45, 7) is 4.32. The summed E-state index contributed by atoms with van der Waals surface area (Å²) >= 11 is 0. The van der Waals surface area contributed by atoms with Gasteiger partial charge in [0.2, 0.25) is 0 Å². The number of furan rings is 1. The van der Waals surface area contributed by atoms with E-state index in [1.54, 1.807) is 6.26 Å². The zero-order valence-corrected chi connectivity index (χ0v) is 15.2. The Hall–Kier alpha value is -3.72. The van der Waals surface area contributed by atoms with Crippen molar-refractivity contribution in [3.63, 3.8) is 0 Å². The lowest BCUT2D eigenvalue weighted by molar-refractivity contribution is 0.307. The Morgan fingerprint density at radius 3 is 2.46 bits per heavy atom. The van der Waals surface area contributed by atoms with Crippen LogP contribution in [-0.2, 0) is 6.61 Å². The fraction of sp³-hybridized carbons (Fsp3) is 0.0400. The number of benzene rings is 3. The largest absolute Gasteiger partial charge is 0.487 e. The summed E-state index contributed by atoms with van der Waals surface area (Å²) in [5.41, 5.74) is 5.13. The van der Waals surface area contributed by atoms with Crippen LogP contribution < -0.4 is 9.47 Å². The molecule has 28 heavy (non-hydrogen) atoms. The van der Waals surface area contributed by atoms with Crippen LogP contribution in [0.5, 0.6) is 11.5 Å². The van der Waals surface area contributed by atoms with Crippen molar-refractivity contribution in [2.24, 2.45) is 0 Å². The minimum absolute atomic E-state index is 0.459. The predicted octanol–water partition coefficient (Wildman–Crippen LogP) is 6.60. The number of allylic oxidation sites excluding steroid dienone is 1. The minimum Gasteiger partial charge on any atom is -0.487 e. The SMILES string of the molecule is C=C1C=Cc2c(cc3occc3c2OCc2ccc(-c3ccccc3)cc2)O1. The minimum atomic E-state index is 0.459. The summed E-state index contributed by atoms with van der Waals surface area (Å²) < 4.78 is 17.5. The van der Waals surface area contributed by atoms with E-state index in [0.717, 1.165) is 27.8 Å². The molecule has 0 saturated heterocycles. The van der Waals surface area contributed by atoms with Crippen LogP contribution in [0.2, 0.25) is 0 Å². The van der Waals surface area contributed by atoms with Gasteiger partial charge in [-0.25, -0.2) is 0 Å². The van der Waals surface area contributed by atoms with E-state index in [1.807, 2.05) is 42.5 Å². The van der Waals surface area contributed by atoms with Gasteiger partial charge in [-0.3, -0.25) is 0 Å². The molecule has 136 valence electrons. The molecule has 3 heteroatoms. The van der Waals surface area contributed by atoms with E-state index >= 15 is 0 Å². The first-order chi connectivity index (χ1) is 13.8. The average Bonchev–Trinajstić information content (AvgIpc) is 3.20. The second-order valence-electron chi connectivity index (χ2n) is 6.70. The third-order valence-electron chi connectivity index (χ3n) is 4.83. The van der Waals surface area contributed by atoms with Gasteiger partial charge in [-0.05, 0) is 34.9 Å². The fourth-order valence-corrected chi connectivity index (χ4v) is 3.40. The molecule has 0 amide bonds. The molecule has 4 aromatic rings. The molecule has 1 aliphatic rings. The molecule has 0 radical (unpaired) electrons. The van der Waals surface area contributed by atoms with E-state index in [9.17, 15) is 0 Å². The first kappa shape index (κ1) is 16.5. The molecule has 1 aromatic heterocycles. The quantitative estimate of drug-likeness (QED) is 0.408. The number of fused-ring (bicyclic) bond motifs is 2. The Labute approximate surface area is 163 Å². The van der Waals surface area contributed by atoms with Crippen LogP contribution >= 0.6 is 0 Å². The van der Waals surface area contributed by atoms with Gasteiger partial charge in [0.05, 0.1) is 17.2 Å². The molecular weight excluding hydrogens is 348 g/mol. The predicted molar refractivity (Wildman–Crippen MR) is 111 cm³/mol. The van der Waals surface area contributed by atoms with Gasteiger partial charge in [0, 0.05) is 6.07 Å². The Morgan fingerprint density at radius 2 is 1.64 bits per heavy atom. The highest BCUT2D eigenvalue weighted by Gasteiger charge is 2.19. The molecule has 1 aliphatic heterocycles. The van der Waals surface area contributed by atoms with Crippen LogP contribution in [0.4, 0.5) is 0 Å². The number of ether oxygens (including phenoxy) is 2. The molecule has 0 spiro atoms. The first-order valence-electron chi connectivity index (χ1n) is 9.14. The van der Waals surface area contributed by atoms with Gasteiger partial charge in [-0.1, -0.05) is 61.2 Å². The van der Waals surface area contributed by atoms with E-state index in [-0.39, 0.29) is 0 Å². The van der Waals surface area contributed by atoms with Gasteiger partial charge < -0.3 is 13.9 Å². The summed E-state index contributed by atoms with van der Waals surface area (Å²) in [7, 11) is 0. The molecule has 2 heterocycles. The molecule has 3 nitrogen and oxygen atoms in total. The van der Waals surface area contributed by atoms with Crippen LogP contribution in [0.1, 0.15) is 11.1 Å². The van der Waals surface area contributed by atoms with E-state index in [1.165, 1.54) is 11.1 Å². The number of rotatable bonds is 4. The average molecular weight is 366 g/mol. The molecule has 0 atom stereocenters. The standard InChI is InChI=1S/C25H18O3/c1-17-7-12-21-24(28-17)15-23-22(13-14-26-23)25(21)27-16-18-8-10-20(11-9-18)19-5-3-2-4-6-19/h2-15H,1,16H2. The summed E-state index contributed by atoms with van der Waals surface area (Å²) in [6.07, 6.45) is 5.48. The molecule has 5 rings (SSSR count). The topological polar surface area (TPSA) is 31.6 Å². The van der Waals surface area contributed by atoms with Gasteiger partial charge in [-0.2, -0.15) is 0 Å². The van der Waals surface area contributed by atoms with Gasteiger partial charge in [0.1, 0.15) is 29.4 Å².